The molecule has 0 aliphatic heterocycles. The van der Waals surface area contributed by atoms with Crippen LogP contribution in [0.5, 0.6) is 0 Å². The molecule has 2 heteroatoms. The van der Waals surface area contributed by atoms with Crippen molar-refractivity contribution in [1.29, 1.82) is 0 Å². The van der Waals surface area contributed by atoms with Crippen LogP contribution >= 0.6 is 0 Å². The molecule has 0 rings (SSSR count). The van der Waals surface area contributed by atoms with Gasteiger partial charge in [-0.3, -0.25) is 0 Å². The molecule has 9 heavy (non-hydrogen) atoms. The molecule has 0 unspecified atom stereocenters. The van der Waals surface area contributed by atoms with Gasteiger partial charge >= 0.3 is 51.4 Å². The van der Waals surface area contributed by atoms with Crippen molar-refractivity contribution < 1.29 is 56.1 Å². The maximum Gasteiger partial charge on any atom is 1.00 e. The Labute approximate surface area is 98.9 Å². The van der Waals surface area contributed by atoms with E-state index in [1.807, 2.05) is 0 Å². The van der Waals surface area contributed by atoms with E-state index in [4.69, 9.17) is 4.74 Å². The van der Waals surface area contributed by atoms with Crippen LogP contribution in [0.3, 0.4) is 0 Å². The number of hydrogen-bond acceptors (Lipinski definition) is 1. The standard InChI is InChI=1S/C7H9O.K/c1-4-6-7(5-2)8-3;/h4-5H,1-2H2,3H3;/q-1;+1. The second-order valence-corrected chi connectivity index (χ2v) is 1.12. The number of rotatable bonds is 3. The van der Waals surface area contributed by atoms with Gasteiger partial charge in [0.05, 0.1) is 7.11 Å². The Balaban J connectivity index is 0. The van der Waals surface area contributed by atoms with Crippen LogP contribution in [0.4, 0.5) is 0 Å². The Morgan fingerprint density at radius 1 is 1.56 bits per heavy atom. The third-order valence-electron chi connectivity index (χ3n) is 0.650. The van der Waals surface area contributed by atoms with Gasteiger partial charge < -0.3 is 4.74 Å². The summed E-state index contributed by atoms with van der Waals surface area (Å²) in [6.45, 7) is 6.91. The van der Waals surface area contributed by atoms with Crippen LogP contribution in [0, 0.1) is 6.08 Å². The largest absolute Gasteiger partial charge is 1.00 e. The fourth-order valence-corrected chi connectivity index (χ4v) is 0.302. The minimum Gasteiger partial charge on any atom is -0.523 e. The summed E-state index contributed by atoms with van der Waals surface area (Å²) in [7, 11) is 1.56. The molecule has 1 nitrogen and oxygen atoms in total. The Morgan fingerprint density at radius 3 is 2.22 bits per heavy atom. The van der Waals surface area contributed by atoms with Gasteiger partial charge in [0, 0.05) is 5.76 Å². The minimum absolute atomic E-state index is 0. The third-order valence-corrected chi connectivity index (χ3v) is 0.650. The van der Waals surface area contributed by atoms with Crippen molar-refractivity contribution in [1.82, 2.24) is 0 Å². The molecule has 0 N–H and O–H groups in total. The average Bonchev–Trinajstić information content (AvgIpc) is 1.83. The molecule has 0 bridgehead atoms. The quantitative estimate of drug-likeness (QED) is 0.209. The van der Waals surface area contributed by atoms with Crippen molar-refractivity contribution in [3.05, 3.63) is 37.1 Å². The molecule has 0 fully saturated rings. The summed E-state index contributed by atoms with van der Waals surface area (Å²) in [5, 5.41) is 0. The van der Waals surface area contributed by atoms with Gasteiger partial charge in [0.1, 0.15) is 0 Å². The predicted octanol–water partition coefficient (Wildman–Crippen LogP) is -1.30. The van der Waals surface area contributed by atoms with E-state index in [1.54, 1.807) is 13.2 Å². The third kappa shape index (κ3) is 6.54. The Kier molecular flexibility index (Phi) is 11.9. The van der Waals surface area contributed by atoms with Gasteiger partial charge in [-0.1, -0.05) is 0 Å². The number of ether oxygens (including phenoxy) is 1. The first-order valence-electron chi connectivity index (χ1n) is 2.26. The van der Waals surface area contributed by atoms with Gasteiger partial charge in [0.15, 0.2) is 0 Å². The molecule has 0 aliphatic carbocycles. The first kappa shape index (κ1) is 12.3. The maximum absolute atomic E-state index is 4.76. The fraction of sp³-hybridized carbons (Fsp3) is 0.143. The average molecular weight is 148 g/mol. The van der Waals surface area contributed by atoms with Crippen LogP contribution in [0.25, 0.3) is 0 Å². The zero-order valence-corrected chi connectivity index (χ0v) is 9.10. The van der Waals surface area contributed by atoms with E-state index in [-0.39, 0.29) is 51.4 Å². The molecular formula is C7H9KO. The predicted molar refractivity (Wildman–Crippen MR) is 34.2 cm³/mol. The second kappa shape index (κ2) is 8.66. The monoisotopic (exact) mass is 148 g/mol. The van der Waals surface area contributed by atoms with Crippen molar-refractivity contribution in [3.63, 3.8) is 0 Å². The van der Waals surface area contributed by atoms with E-state index < -0.39 is 0 Å². The van der Waals surface area contributed by atoms with Gasteiger partial charge in [-0.15, -0.1) is 12.2 Å². The molecular weight excluding hydrogens is 139 g/mol. The molecule has 0 amide bonds. The molecule has 0 atom stereocenters. The van der Waals surface area contributed by atoms with E-state index in [9.17, 15) is 0 Å². The van der Waals surface area contributed by atoms with Gasteiger partial charge in [-0.05, 0) is 0 Å². The number of hydrogen-bond donors (Lipinski definition) is 0. The number of methoxy groups -OCH3 is 1. The van der Waals surface area contributed by atoms with Crippen molar-refractivity contribution in [2.45, 2.75) is 0 Å². The topological polar surface area (TPSA) is 9.23 Å². The maximum atomic E-state index is 4.76. The Hall–Kier alpha value is 0.656. The summed E-state index contributed by atoms with van der Waals surface area (Å²) in [6, 6.07) is 0. The molecule has 0 aromatic heterocycles. The first-order chi connectivity index (χ1) is 3.85. The smallest absolute Gasteiger partial charge is 0.523 e. The zero-order valence-electron chi connectivity index (χ0n) is 5.98. The fourth-order valence-electron chi connectivity index (χ4n) is 0.302. The van der Waals surface area contributed by atoms with Gasteiger partial charge in [-0.2, -0.15) is 19.2 Å². The molecule has 0 heterocycles. The van der Waals surface area contributed by atoms with Crippen LogP contribution < -0.4 is 51.4 Å². The first-order valence-corrected chi connectivity index (χ1v) is 2.26. The summed E-state index contributed by atoms with van der Waals surface area (Å²) in [5.74, 6) is 0.611. The van der Waals surface area contributed by atoms with Crippen LogP contribution in [0.15, 0.2) is 31.1 Å². The minimum atomic E-state index is 0. The van der Waals surface area contributed by atoms with E-state index in [1.165, 1.54) is 6.08 Å². The summed E-state index contributed by atoms with van der Waals surface area (Å²) in [5.41, 5.74) is 0. The van der Waals surface area contributed by atoms with E-state index in [0.29, 0.717) is 5.76 Å². The molecule has 0 saturated heterocycles. The van der Waals surface area contributed by atoms with Gasteiger partial charge in [0.2, 0.25) is 0 Å². The van der Waals surface area contributed by atoms with Crippen molar-refractivity contribution in [2.75, 3.05) is 7.11 Å². The SMILES string of the molecule is C=C[C-]=C(C=C)OC.[K+]. The zero-order chi connectivity index (χ0) is 6.41. The van der Waals surface area contributed by atoms with Crippen LogP contribution in [-0.4, -0.2) is 7.11 Å². The number of allylic oxidation sites excluding steroid dienone is 3. The molecule has 44 valence electrons. The van der Waals surface area contributed by atoms with Crippen LogP contribution in [0.1, 0.15) is 0 Å². The van der Waals surface area contributed by atoms with Crippen molar-refractivity contribution in [2.24, 2.45) is 0 Å². The summed E-state index contributed by atoms with van der Waals surface area (Å²) < 4.78 is 4.76. The molecule has 0 saturated carbocycles. The summed E-state index contributed by atoms with van der Waals surface area (Å²) in [4.78, 5) is 0. The van der Waals surface area contributed by atoms with Crippen LogP contribution in [-0.2, 0) is 4.74 Å². The normalized spacial score (nSPS) is 9.22. The molecule has 0 aromatic rings. The van der Waals surface area contributed by atoms with Crippen molar-refractivity contribution >= 4 is 0 Å². The second-order valence-electron chi connectivity index (χ2n) is 1.12. The summed E-state index contributed by atoms with van der Waals surface area (Å²) >= 11 is 0. The Morgan fingerprint density at radius 2 is 2.11 bits per heavy atom. The van der Waals surface area contributed by atoms with E-state index in [2.05, 4.69) is 19.2 Å². The molecule has 0 radical (unpaired) electrons. The molecule has 0 spiro atoms. The van der Waals surface area contributed by atoms with Crippen molar-refractivity contribution in [3.8, 4) is 0 Å². The molecule has 0 aromatic carbocycles. The van der Waals surface area contributed by atoms with Gasteiger partial charge in [-0.25, -0.2) is 0 Å². The Bertz CT molecular complexity index is 116. The van der Waals surface area contributed by atoms with E-state index >= 15 is 0 Å². The summed E-state index contributed by atoms with van der Waals surface area (Å²) in [6.07, 6.45) is 5.82. The van der Waals surface area contributed by atoms with E-state index in [0.717, 1.165) is 0 Å². The molecule has 0 aliphatic rings. The van der Waals surface area contributed by atoms with Gasteiger partial charge in [0.25, 0.3) is 0 Å². The van der Waals surface area contributed by atoms with Crippen LogP contribution in [0.2, 0.25) is 0 Å².